The van der Waals surface area contributed by atoms with Gasteiger partial charge in [-0.2, -0.15) is 5.10 Å². The Kier molecular flexibility index (Phi) is 6.61. The molecule has 24 heavy (non-hydrogen) atoms. The predicted molar refractivity (Wildman–Crippen MR) is 96.4 cm³/mol. The van der Waals surface area contributed by atoms with Gasteiger partial charge < -0.3 is 9.30 Å². The van der Waals surface area contributed by atoms with Crippen LogP contribution in [0.1, 0.15) is 43.9 Å². The van der Waals surface area contributed by atoms with Crippen LogP contribution in [0.4, 0.5) is 0 Å². The Morgan fingerprint density at radius 3 is 2.71 bits per heavy atom. The summed E-state index contributed by atoms with van der Waals surface area (Å²) in [5.74, 6) is 0.937. The zero-order chi connectivity index (χ0) is 17.4. The number of carbonyl (C=O) groups is 1. The molecular formula is C19H25N3O2. The number of amides is 1. The van der Waals surface area contributed by atoms with E-state index in [0.717, 1.165) is 5.69 Å². The van der Waals surface area contributed by atoms with Gasteiger partial charge in [0.1, 0.15) is 5.75 Å². The van der Waals surface area contributed by atoms with Gasteiger partial charge in [-0.3, -0.25) is 4.79 Å². The van der Waals surface area contributed by atoms with E-state index in [-0.39, 0.29) is 12.5 Å². The number of rotatable bonds is 8. The molecule has 1 aromatic heterocycles. The van der Waals surface area contributed by atoms with E-state index >= 15 is 0 Å². The third kappa shape index (κ3) is 5.26. The van der Waals surface area contributed by atoms with Crippen LogP contribution in [0.3, 0.4) is 0 Å². The van der Waals surface area contributed by atoms with Gasteiger partial charge in [-0.15, -0.1) is 0 Å². The van der Waals surface area contributed by atoms with Crippen molar-refractivity contribution in [3.05, 3.63) is 53.9 Å². The molecule has 2 aromatic rings. The minimum Gasteiger partial charge on any atom is -0.484 e. The Morgan fingerprint density at radius 2 is 2.08 bits per heavy atom. The maximum absolute atomic E-state index is 11.7. The summed E-state index contributed by atoms with van der Waals surface area (Å²) in [7, 11) is 1.91. The lowest BCUT2D eigenvalue weighted by Crippen LogP contribution is -2.24. The summed E-state index contributed by atoms with van der Waals surface area (Å²) in [5.41, 5.74) is 4.66. The van der Waals surface area contributed by atoms with Crippen LogP contribution in [-0.2, 0) is 11.8 Å². The van der Waals surface area contributed by atoms with Crippen LogP contribution in [0.5, 0.6) is 5.75 Å². The largest absolute Gasteiger partial charge is 0.484 e. The third-order valence-electron chi connectivity index (χ3n) is 3.91. The van der Waals surface area contributed by atoms with Crippen molar-refractivity contribution in [2.24, 2.45) is 12.1 Å². The highest BCUT2D eigenvalue weighted by molar-refractivity contribution is 5.81. The van der Waals surface area contributed by atoms with E-state index in [2.05, 4.69) is 36.5 Å². The highest BCUT2D eigenvalue weighted by Gasteiger charge is 2.05. The second-order valence-corrected chi connectivity index (χ2v) is 5.88. The first-order valence-corrected chi connectivity index (χ1v) is 8.26. The number of nitrogens with one attached hydrogen (secondary N) is 1. The minimum atomic E-state index is -0.288. The molecule has 0 aliphatic rings. The van der Waals surface area contributed by atoms with E-state index in [1.165, 1.54) is 18.4 Å². The lowest BCUT2D eigenvalue weighted by molar-refractivity contribution is -0.123. The fraction of sp³-hybridized carbons (Fsp3) is 0.368. The number of carbonyl (C=O) groups excluding carboxylic acids is 1. The summed E-state index contributed by atoms with van der Waals surface area (Å²) in [6.45, 7) is 4.35. The number of hydrogen-bond donors (Lipinski definition) is 1. The van der Waals surface area contributed by atoms with Crippen molar-refractivity contribution in [3.63, 3.8) is 0 Å². The van der Waals surface area contributed by atoms with Gasteiger partial charge in [-0.25, -0.2) is 5.43 Å². The van der Waals surface area contributed by atoms with Gasteiger partial charge in [-0.1, -0.05) is 32.4 Å². The molecule has 0 bridgehead atoms. The van der Waals surface area contributed by atoms with Crippen molar-refractivity contribution < 1.29 is 9.53 Å². The number of hydrazone groups is 1. The number of nitrogens with zero attached hydrogens (tertiary/aromatic N) is 2. The number of ether oxygens (including phenoxy) is 1. The zero-order valence-corrected chi connectivity index (χ0v) is 14.5. The first kappa shape index (κ1) is 17.8. The van der Waals surface area contributed by atoms with Gasteiger partial charge in [-0.05, 0) is 42.2 Å². The van der Waals surface area contributed by atoms with Crippen LogP contribution >= 0.6 is 0 Å². The number of hydrogen-bond acceptors (Lipinski definition) is 3. The normalized spacial score (nSPS) is 12.3. The van der Waals surface area contributed by atoms with E-state index in [1.807, 2.05) is 42.1 Å². The van der Waals surface area contributed by atoms with Gasteiger partial charge in [0.15, 0.2) is 6.61 Å². The predicted octanol–water partition coefficient (Wildman–Crippen LogP) is 3.46. The average Bonchev–Trinajstić information content (AvgIpc) is 2.99. The molecule has 0 aliphatic carbocycles. The van der Waals surface area contributed by atoms with E-state index in [0.29, 0.717) is 11.7 Å². The minimum absolute atomic E-state index is 0.0612. The van der Waals surface area contributed by atoms with Gasteiger partial charge in [0, 0.05) is 13.2 Å². The Balaban J connectivity index is 1.77. The maximum Gasteiger partial charge on any atom is 0.277 e. The van der Waals surface area contributed by atoms with Gasteiger partial charge in [0.05, 0.1) is 11.9 Å². The van der Waals surface area contributed by atoms with E-state index in [1.54, 1.807) is 6.21 Å². The Bertz CT molecular complexity index is 674. The van der Waals surface area contributed by atoms with E-state index in [4.69, 9.17) is 4.74 Å². The monoisotopic (exact) mass is 327 g/mol. The Labute approximate surface area is 143 Å². The summed E-state index contributed by atoms with van der Waals surface area (Å²) >= 11 is 0. The molecular weight excluding hydrogens is 302 g/mol. The van der Waals surface area contributed by atoms with Crippen LogP contribution in [0.15, 0.2) is 47.7 Å². The molecule has 0 spiro atoms. The Morgan fingerprint density at radius 1 is 1.33 bits per heavy atom. The van der Waals surface area contributed by atoms with Crippen LogP contribution in [0.2, 0.25) is 0 Å². The first-order valence-electron chi connectivity index (χ1n) is 8.26. The van der Waals surface area contributed by atoms with Crippen LogP contribution in [-0.4, -0.2) is 23.3 Å². The van der Waals surface area contributed by atoms with Crippen LogP contribution < -0.4 is 10.2 Å². The van der Waals surface area contributed by atoms with Crippen molar-refractivity contribution in [1.29, 1.82) is 0 Å². The second kappa shape index (κ2) is 8.91. The number of aromatic nitrogens is 1. The molecule has 0 radical (unpaired) electrons. The maximum atomic E-state index is 11.7. The molecule has 1 heterocycles. The average molecular weight is 327 g/mol. The summed E-state index contributed by atoms with van der Waals surface area (Å²) in [5, 5.41) is 3.92. The fourth-order valence-electron chi connectivity index (χ4n) is 2.45. The van der Waals surface area contributed by atoms with E-state index < -0.39 is 0 Å². The number of benzene rings is 1. The van der Waals surface area contributed by atoms with E-state index in [9.17, 15) is 4.79 Å². The molecule has 0 saturated heterocycles. The van der Waals surface area contributed by atoms with Crippen molar-refractivity contribution in [2.75, 3.05) is 6.61 Å². The molecule has 128 valence electrons. The molecule has 0 saturated carbocycles. The molecule has 1 unspecified atom stereocenters. The SMILES string of the molecule is CCCC(C)c1ccc(OCC(=O)N/N=C/c2cccn2C)cc1. The topological polar surface area (TPSA) is 55.6 Å². The third-order valence-corrected chi connectivity index (χ3v) is 3.91. The molecule has 5 heteroatoms. The van der Waals surface area contributed by atoms with Crippen LogP contribution in [0.25, 0.3) is 0 Å². The smallest absolute Gasteiger partial charge is 0.277 e. The molecule has 1 N–H and O–H groups in total. The standard InChI is InChI=1S/C19H25N3O2/c1-4-6-15(2)16-8-10-18(11-9-16)24-14-19(23)21-20-13-17-7-5-12-22(17)3/h5,7-13,15H,4,6,14H2,1-3H3,(H,21,23)/b20-13+. The second-order valence-electron chi connectivity index (χ2n) is 5.88. The fourth-order valence-corrected chi connectivity index (χ4v) is 2.45. The molecule has 5 nitrogen and oxygen atoms in total. The highest BCUT2D eigenvalue weighted by atomic mass is 16.5. The Hall–Kier alpha value is -2.56. The van der Waals surface area contributed by atoms with Gasteiger partial charge in [0.2, 0.25) is 0 Å². The van der Waals surface area contributed by atoms with Crippen LogP contribution in [0, 0.1) is 0 Å². The van der Waals surface area contributed by atoms with Crippen molar-refractivity contribution in [1.82, 2.24) is 9.99 Å². The summed E-state index contributed by atoms with van der Waals surface area (Å²) < 4.78 is 7.39. The first-order chi connectivity index (χ1) is 11.6. The van der Waals surface area contributed by atoms with Gasteiger partial charge >= 0.3 is 0 Å². The quantitative estimate of drug-likeness (QED) is 0.596. The molecule has 1 atom stereocenters. The van der Waals surface area contributed by atoms with Gasteiger partial charge in [0.25, 0.3) is 5.91 Å². The summed E-state index contributed by atoms with van der Waals surface area (Å²) in [6, 6.07) is 11.7. The summed E-state index contributed by atoms with van der Waals surface area (Å²) in [6.07, 6.45) is 5.85. The molecule has 1 aromatic carbocycles. The molecule has 1 amide bonds. The molecule has 0 aliphatic heterocycles. The summed E-state index contributed by atoms with van der Waals surface area (Å²) in [4.78, 5) is 11.7. The lowest BCUT2D eigenvalue weighted by Gasteiger charge is -2.11. The lowest BCUT2D eigenvalue weighted by atomic mass is 9.97. The molecule has 2 rings (SSSR count). The number of aryl methyl sites for hydroxylation is 1. The van der Waals surface area contributed by atoms with Crippen molar-refractivity contribution in [3.8, 4) is 5.75 Å². The zero-order valence-electron chi connectivity index (χ0n) is 14.5. The molecule has 0 fully saturated rings. The van der Waals surface area contributed by atoms with Crippen molar-refractivity contribution in [2.45, 2.75) is 32.6 Å². The highest BCUT2D eigenvalue weighted by Crippen LogP contribution is 2.22. The van der Waals surface area contributed by atoms with Crippen molar-refractivity contribution >= 4 is 12.1 Å².